The highest BCUT2D eigenvalue weighted by Crippen LogP contribution is 2.19. The van der Waals surface area contributed by atoms with E-state index in [1.165, 1.54) is 10.8 Å². The van der Waals surface area contributed by atoms with Crippen LogP contribution in [0.3, 0.4) is 0 Å². The lowest BCUT2D eigenvalue weighted by atomic mass is 10.1. The second kappa shape index (κ2) is 4.33. The summed E-state index contributed by atoms with van der Waals surface area (Å²) in [5, 5.41) is 9.87. The molecule has 0 aliphatic rings. The predicted molar refractivity (Wildman–Crippen MR) is 72.4 cm³/mol. The maximum atomic E-state index is 4.02. The Hall–Kier alpha value is -2.62. The van der Waals surface area contributed by atoms with Crippen LogP contribution in [0, 0.1) is 0 Å². The van der Waals surface area contributed by atoms with E-state index < -0.39 is 0 Å². The van der Waals surface area contributed by atoms with Crippen molar-refractivity contribution in [3.63, 3.8) is 0 Å². The van der Waals surface area contributed by atoms with Crippen LogP contribution < -0.4 is 5.43 Å². The highest BCUT2D eigenvalue weighted by molar-refractivity contribution is 5.86. The maximum absolute atomic E-state index is 4.02. The molecule has 0 bridgehead atoms. The van der Waals surface area contributed by atoms with E-state index in [4.69, 9.17) is 0 Å². The Bertz CT molecular complexity index is 686. The normalized spacial score (nSPS) is 10.4. The Labute approximate surface area is 105 Å². The third-order valence-electron chi connectivity index (χ3n) is 2.78. The molecule has 0 saturated heterocycles. The molecular weight excluding hydrogens is 224 g/mol. The first-order chi connectivity index (χ1) is 8.83. The zero-order chi connectivity index (χ0) is 12.4. The maximum Gasteiger partial charge on any atom is 0.139 e. The van der Waals surface area contributed by atoms with Crippen LogP contribution in [0.15, 0.2) is 61.7 Å². The van der Waals surface area contributed by atoms with Crippen molar-refractivity contribution in [2.45, 2.75) is 0 Å². The van der Waals surface area contributed by atoms with Crippen LogP contribution in [-0.4, -0.2) is 14.9 Å². The Morgan fingerprint density at radius 3 is 2.50 bits per heavy atom. The van der Waals surface area contributed by atoms with Gasteiger partial charge in [-0.2, -0.15) is 0 Å². The van der Waals surface area contributed by atoms with E-state index in [-0.39, 0.29) is 0 Å². The first-order valence-electron chi connectivity index (χ1n) is 5.63. The fraction of sp³-hybridized carbons (Fsp3) is 0. The zero-order valence-corrected chi connectivity index (χ0v) is 9.74. The van der Waals surface area contributed by atoms with Crippen molar-refractivity contribution >= 4 is 16.5 Å². The quantitative estimate of drug-likeness (QED) is 0.760. The summed E-state index contributed by atoms with van der Waals surface area (Å²) < 4.78 is 1.66. The number of nitrogens with one attached hydrogen (secondary N) is 1. The SMILES string of the molecule is C=C(Nn1cnnc1)c1ccc2ccccc2c1. The van der Waals surface area contributed by atoms with Crippen molar-refractivity contribution < 1.29 is 0 Å². The standard InChI is InChI=1S/C14H12N4/c1-11(17-18-9-15-16-10-18)13-7-6-12-4-2-3-5-14(12)8-13/h2-10,17H,1H2. The van der Waals surface area contributed by atoms with Crippen LogP contribution in [0.5, 0.6) is 0 Å². The molecule has 1 aromatic heterocycles. The lowest BCUT2D eigenvalue weighted by molar-refractivity contribution is 0.958. The monoisotopic (exact) mass is 236 g/mol. The summed E-state index contributed by atoms with van der Waals surface area (Å²) in [5.74, 6) is 0. The smallest absolute Gasteiger partial charge is 0.139 e. The molecule has 18 heavy (non-hydrogen) atoms. The molecule has 0 spiro atoms. The van der Waals surface area contributed by atoms with Gasteiger partial charge in [0, 0.05) is 0 Å². The molecule has 1 heterocycles. The van der Waals surface area contributed by atoms with Crippen molar-refractivity contribution in [2.75, 3.05) is 5.43 Å². The van der Waals surface area contributed by atoms with Crippen molar-refractivity contribution in [3.8, 4) is 0 Å². The van der Waals surface area contributed by atoms with E-state index in [2.05, 4.69) is 46.5 Å². The Balaban J connectivity index is 1.92. The molecule has 0 aliphatic carbocycles. The van der Waals surface area contributed by atoms with E-state index in [0.29, 0.717) is 0 Å². The van der Waals surface area contributed by atoms with Gasteiger partial charge in [0.1, 0.15) is 12.7 Å². The third-order valence-corrected chi connectivity index (χ3v) is 2.78. The van der Waals surface area contributed by atoms with E-state index in [0.717, 1.165) is 11.3 Å². The van der Waals surface area contributed by atoms with Crippen molar-refractivity contribution in [1.82, 2.24) is 14.9 Å². The Morgan fingerprint density at radius 1 is 1.00 bits per heavy atom. The summed E-state index contributed by atoms with van der Waals surface area (Å²) in [6, 6.07) is 14.5. The topological polar surface area (TPSA) is 42.7 Å². The van der Waals surface area contributed by atoms with Crippen LogP contribution in [0.4, 0.5) is 0 Å². The number of nitrogens with zero attached hydrogens (tertiary/aromatic N) is 3. The van der Waals surface area contributed by atoms with Gasteiger partial charge in [0.2, 0.25) is 0 Å². The van der Waals surface area contributed by atoms with Crippen molar-refractivity contribution in [2.24, 2.45) is 0 Å². The molecule has 0 unspecified atom stereocenters. The number of benzene rings is 2. The van der Waals surface area contributed by atoms with Gasteiger partial charge in [-0.15, -0.1) is 10.2 Å². The second-order valence-corrected chi connectivity index (χ2v) is 4.02. The molecule has 0 saturated carbocycles. The first-order valence-corrected chi connectivity index (χ1v) is 5.63. The van der Waals surface area contributed by atoms with Gasteiger partial charge in [0.25, 0.3) is 0 Å². The Kier molecular flexibility index (Phi) is 2.53. The molecular formula is C14H12N4. The average molecular weight is 236 g/mol. The number of aromatic nitrogens is 3. The van der Waals surface area contributed by atoms with E-state index >= 15 is 0 Å². The van der Waals surface area contributed by atoms with E-state index in [9.17, 15) is 0 Å². The van der Waals surface area contributed by atoms with Gasteiger partial charge in [-0.25, -0.2) is 4.68 Å². The molecule has 0 amide bonds. The molecule has 0 radical (unpaired) electrons. The van der Waals surface area contributed by atoms with Crippen LogP contribution in [0.25, 0.3) is 16.5 Å². The molecule has 3 rings (SSSR count). The van der Waals surface area contributed by atoms with Gasteiger partial charge in [0.15, 0.2) is 0 Å². The van der Waals surface area contributed by atoms with E-state index in [1.54, 1.807) is 17.3 Å². The summed E-state index contributed by atoms with van der Waals surface area (Å²) in [6.07, 6.45) is 3.18. The minimum Gasteiger partial charge on any atom is -0.292 e. The van der Waals surface area contributed by atoms with Gasteiger partial charge in [0.05, 0.1) is 5.70 Å². The molecule has 0 aliphatic heterocycles. The third kappa shape index (κ3) is 1.96. The molecule has 88 valence electrons. The fourth-order valence-corrected chi connectivity index (χ4v) is 1.86. The number of hydrogen-bond donors (Lipinski definition) is 1. The largest absolute Gasteiger partial charge is 0.292 e. The lowest BCUT2D eigenvalue weighted by Gasteiger charge is -2.10. The van der Waals surface area contributed by atoms with Crippen LogP contribution in [0.1, 0.15) is 5.56 Å². The van der Waals surface area contributed by atoms with Gasteiger partial charge < -0.3 is 0 Å². The molecule has 0 atom stereocenters. The zero-order valence-electron chi connectivity index (χ0n) is 9.74. The summed E-state index contributed by atoms with van der Waals surface area (Å²) in [6.45, 7) is 4.02. The van der Waals surface area contributed by atoms with Crippen LogP contribution in [0.2, 0.25) is 0 Å². The molecule has 4 heteroatoms. The van der Waals surface area contributed by atoms with Crippen molar-refractivity contribution in [3.05, 3.63) is 67.3 Å². The highest BCUT2D eigenvalue weighted by atomic mass is 15.5. The van der Waals surface area contributed by atoms with Crippen LogP contribution >= 0.6 is 0 Å². The van der Waals surface area contributed by atoms with Crippen molar-refractivity contribution in [1.29, 1.82) is 0 Å². The van der Waals surface area contributed by atoms with Crippen LogP contribution in [-0.2, 0) is 0 Å². The highest BCUT2D eigenvalue weighted by Gasteiger charge is 2.00. The summed E-state index contributed by atoms with van der Waals surface area (Å²) in [4.78, 5) is 0. The molecule has 2 aromatic carbocycles. The minimum atomic E-state index is 0.806. The van der Waals surface area contributed by atoms with Gasteiger partial charge in [-0.3, -0.25) is 5.43 Å². The molecule has 1 N–H and O–H groups in total. The fourth-order valence-electron chi connectivity index (χ4n) is 1.86. The van der Waals surface area contributed by atoms with Gasteiger partial charge in [-0.05, 0) is 22.4 Å². The summed E-state index contributed by atoms with van der Waals surface area (Å²) in [7, 11) is 0. The second-order valence-electron chi connectivity index (χ2n) is 4.02. The summed E-state index contributed by atoms with van der Waals surface area (Å²) >= 11 is 0. The van der Waals surface area contributed by atoms with Gasteiger partial charge in [-0.1, -0.05) is 43.0 Å². The molecule has 4 nitrogen and oxygen atoms in total. The number of fused-ring (bicyclic) bond motifs is 1. The average Bonchev–Trinajstić information content (AvgIpc) is 2.91. The predicted octanol–water partition coefficient (Wildman–Crippen LogP) is 2.65. The molecule has 3 aromatic rings. The lowest BCUT2D eigenvalue weighted by Crippen LogP contribution is -2.10. The summed E-state index contributed by atoms with van der Waals surface area (Å²) in [5.41, 5.74) is 4.95. The first kappa shape index (κ1) is 10.5. The number of rotatable bonds is 3. The molecule has 0 fully saturated rings. The number of hydrogen-bond acceptors (Lipinski definition) is 3. The van der Waals surface area contributed by atoms with E-state index in [1.807, 2.05) is 18.2 Å². The minimum absolute atomic E-state index is 0.806. The van der Waals surface area contributed by atoms with Gasteiger partial charge >= 0.3 is 0 Å². The Morgan fingerprint density at radius 2 is 1.72 bits per heavy atom.